The zero-order valence-corrected chi connectivity index (χ0v) is 82.0. The summed E-state index contributed by atoms with van der Waals surface area (Å²) in [6.07, 6.45) is 12.7. The molecule has 9 unspecified atom stereocenters. The van der Waals surface area contributed by atoms with Crippen molar-refractivity contribution >= 4 is 84.9 Å². The van der Waals surface area contributed by atoms with Crippen molar-refractivity contribution in [2.45, 2.75) is 169 Å². The number of thioether (sulfide) groups is 4. The molecule has 12 aromatic rings. The highest BCUT2D eigenvalue weighted by atomic mass is 32.2. The van der Waals surface area contributed by atoms with Gasteiger partial charge in [0.05, 0.1) is 87.1 Å². The minimum atomic E-state index is -0.884. The molecule has 136 heavy (non-hydrogen) atoms. The van der Waals surface area contributed by atoms with Crippen molar-refractivity contribution in [3.8, 4) is 23.0 Å². The summed E-state index contributed by atoms with van der Waals surface area (Å²) < 4.78 is 160. The summed E-state index contributed by atoms with van der Waals surface area (Å²) in [4.78, 5) is 63.9. The van der Waals surface area contributed by atoms with Gasteiger partial charge in [0.1, 0.15) is 0 Å². The fourth-order valence-corrected chi connectivity index (χ4v) is 24.9. The summed E-state index contributed by atoms with van der Waals surface area (Å²) in [6, 6.07) is 46.4. The molecule has 12 atom stereocenters. The number of fused-ring (bicyclic) bond motifs is 8. The molecule has 0 spiro atoms. The van der Waals surface area contributed by atoms with Crippen molar-refractivity contribution < 1.29 is 80.8 Å². The molecule has 0 radical (unpaired) electrons. The first-order chi connectivity index (χ1) is 65.7. The SMILES string of the molecule is CC(c1occc(=O)c1OP)C1(CN(ON)C2c3ccccc3SCc3c2ccc(F)c3F)CC1.CC(c1occc(=O)c1OP)C1(CN(ON)[C@H]2c3ccccc3SCc3c2ccc(F)c3F)CC1.CC(c1occc(=O)c1OP)C1(CN[C@@H]2c3ccccc3SCc3c2ccc(F)c3F)CC1.CC(c1occc(=O)c1OP)C1(CN[C@H]2c3ccccc3SCc3c2ccc(F)c3F)CC1. The number of hydrogen-bond acceptors (Lipinski definition) is 24. The van der Waals surface area contributed by atoms with Gasteiger partial charge in [0.15, 0.2) is 69.6 Å². The topological polar surface area (TPSA) is 259 Å². The molecular weight excluding hydrogens is 1910 g/mol. The molecule has 4 aliphatic heterocycles. The monoisotopic (exact) mass is 2010 g/mol. The highest BCUT2D eigenvalue weighted by Gasteiger charge is 2.56. The molecule has 20 nitrogen and oxygen atoms in total. The first kappa shape index (κ1) is 98.6. The van der Waals surface area contributed by atoms with E-state index in [4.69, 9.17) is 57.4 Å². The fourth-order valence-electron chi connectivity index (χ4n) is 19.5. The molecular formula is C100H98F8N6O14P4S4. The van der Waals surface area contributed by atoms with Gasteiger partial charge in [-0.25, -0.2) is 45.0 Å². The first-order valence-electron chi connectivity index (χ1n) is 44.1. The van der Waals surface area contributed by atoms with Crippen LogP contribution >= 0.6 is 84.9 Å². The Morgan fingerprint density at radius 1 is 0.346 bits per heavy atom. The summed E-state index contributed by atoms with van der Waals surface area (Å²) in [5, 5.41) is 10.6. The zero-order chi connectivity index (χ0) is 95.8. The predicted molar refractivity (Wildman–Crippen MR) is 518 cm³/mol. The van der Waals surface area contributed by atoms with Crippen molar-refractivity contribution in [3.63, 3.8) is 0 Å². The van der Waals surface area contributed by atoms with Crippen LogP contribution in [0.5, 0.6) is 23.0 Å². The maximum atomic E-state index is 14.9. The molecule has 0 saturated heterocycles. The van der Waals surface area contributed by atoms with Crippen LogP contribution in [0.1, 0.15) is 217 Å². The second kappa shape index (κ2) is 41.8. The number of benzene rings is 8. The molecule has 712 valence electrons. The normalized spacial score (nSPS) is 19.1. The van der Waals surface area contributed by atoms with E-state index in [1.807, 2.05) is 125 Å². The number of nitrogens with two attached hydrogens (primary N) is 2. The minimum absolute atomic E-state index is 0.0609. The summed E-state index contributed by atoms with van der Waals surface area (Å²) in [5.41, 5.74) is 6.18. The lowest BCUT2D eigenvalue weighted by molar-refractivity contribution is -0.195. The van der Waals surface area contributed by atoms with E-state index in [0.717, 1.165) is 116 Å². The van der Waals surface area contributed by atoms with Gasteiger partial charge in [0.25, 0.3) is 0 Å². The van der Waals surface area contributed by atoms with E-state index >= 15 is 0 Å². The number of rotatable bonds is 26. The van der Waals surface area contributed by atoms with E-state index < -0.39 is 58.6 Å². The van der Waals surface area contributed by atoms with Crippen LogP contribution in [0, 0.1) is 68.2 Å². The van der Waals surface area contributed by atoms with E-state index in [1.54, 1.807) is 34.4 Å². The smallest absolute Gasteiger partial charge is 0.227 e. The summed E-state index contributed by atoms with van der Waals surface area (Å²) in [7, 11) is 8.44. The van der Waals surface area contributed by atoms with Crippen LogP contribution in [0.25, 0.3) is 0 Å². The Hall–Kier alpha value is -9.00. The Kier molecular flexibility index (Phi) is 30.3. The van der Waals surface area contributed by atoms with Crippen LogP contribution in [0.4, 0.5) is 35.1 Å². The third-order valence-electron chi connectivity index (χ3n) is 28.4. The number of nitrogens with one attached hydrogen (secondary N) is 2. The van der Waals surface area contributed by atoms with Crippen LogP contribution in [-0.2, 0) is 32.9 Å². The predicted octanol–water partition coefficient (Wildman–Crippen LogP) is 22.9. The molecule has 36 heteroatoms. The van der Waals surface area contributed by atoms with Gasteiger partial charge >= 0.3 is 0 Å². The molecule has 4 aromatic heterocycles. The van der Waals surface area contributed by atoms with Gasteiger partial charge in [0, 0.05) is 139 Å². The maximum Gasteiger partial charge on any atom is 0.227 e. The largest absolute Gasteiger partial charge is 0.473 e. The van der Waals surface area contributed by atoms with Crippen LogP contribution < -0.4 is 62.2 Å². The third-order valence-corrected chi connectivity index (χ3v) is 33.8. The molecule has 8 aliphatic rings. The van der Waals surface area contributed by atoms with Crippen LogP contribution in [0.3, 0.4) is 0 Å². The quantitative estimate of drug-likeness (QED) is 0.0223. The molecule has 8 heterocycles. The van der Waals surface area contributed by atoms with Crippen molar-refractivity contribution in [2.24, 2.45) is 33.5 Å². The van der Waals surface area contributed by atoms with Gasteiger partial charge in [0.2, 0.25) is 44.7 Å². The summed E-state index contributed by atoms with van der Waals surface area (Å²) in [6.45, 7) is 10.1. The first-order valence-corrected chi connectivity index (χ1v) is 49.9. The van der Waals surface area contributed by atoms with Crippen LogP contribution in [0.15, 0.2) is 251 Å². The number of halogens is 8. The van der Waals surface area contributed by atoms with Gasteiger partial charge in [-0.05, 0) is 166 Å². The van der Waals surface area contributed by atoms with Gasteiger partial charge in [-0.2, -0.15) is 21.9 Å². The molecule has 8 aromatic carbocycles. The number of hydroxylamine groups is 4. The van der Waals surface area contributed by atoms with Crippen molar-refractivity contribution in [2.75, 3.05) is 26.2 Å². The van der Waals surface area contributed by atoms with Gasteiger partial charge in [-0.1, -0.05) is 125 Å². The van der Waals surface area contributed by atoms with E-state index in [9.17, 15) is 54.3 Å². The molecule has 0 amide bonds. The van der Waals surface area contributed by atoms with Crippen molar-refractivity contribution in [1.29, 1.82) is 0 Å². The Balaban J connectivity index is 0.000000126. The molecule has 4 aliphatic carbocycles. The Morgan fingerprint density at radius 3 is 0.853 bits per heavy atom. The van der Waals surface area contributed by atoms with Gasteiger partial charge in [-0.3, -0.25) is 19.2 Å². The van der Waals surface area contributed by atoms with E-state index in [-0.39, 0.29) is 114 Å². The fraction of sp³-hybridized carbons (Fsp3) is 0.320. The second-order valence-corrected chi connectivity index (χ2v) is 40.5. The lowest BCUT2D eigenvalue weighted by Crippen LogP contribution is -2.39. The highest BCUT2D eigenvalue weighted by Crippen LogP contribution is 2.63. The lowest BCUT2D eigenvalue weighted by Gasteiger charge is -2.35. The molecule has 20 rings (SSSR count). The third kappa shape index (κ3) is 19.6. The Morgan fingerprint density at radius 2 is 0.588 bits per heavy atom. The highest BCUT2D eigenvalue weighted by molar-refractivity contribution is 7.99. The molecule has 4 saturated carbocycles. The molecule has 4 fully saturated rings. The van der Waals surface area contributed by atoms with Crippen LogP contribution in [0.2, 0.25) is 0 Å². The van der Waals surface area contributed by atoms with Crippen LogP contribution in [-0.4, -0.2) is 36.3 Å². The van der Waals surface area contributed by atoms with E-state index in [2.05, 4.69) is 48.5 Å². The number of nitrogens with zero attached hydrogens (tertiary/aromatic N) is 2. The zero-order valence-electron chi connectivity index (χ0n) is 74.1. The van der Waals surface area contributed by atoms with E-state index in [1.165, 1.54) is 108 Å². The lowest BCUT2D eigenvalue weighted by atomic mass is 9.86. The summed E-state index contributed by atoms with van der Waals surface area (Å²) in [5.74, 6) is 8.51. The van der Waals surface area contributed by atoms with Crippen molar-refractivity contribution in [3.05, 3.63) is 372 Å². The molecule has 0 bridgehead atoms. The van der Waals surface area contributed by atoms with E-state index in [0.29, 0.717) is 94.1 Å². The number of hydrogen-bond donors (Lipinski definition) is 4. The summed E-state index contributed by atoms with van der Waals surface area (Å²) >= 11 is 5.95. The Bertz CT molecular complexity index is 6340. The van der Waals surface area contributed by atoms with Gasteiger partial charge in [-0.15, -0.1) is 47.0 Å². The average molecular weight is 2010 g/mol. The van der Waals surface area contributed by atoms with Gasteiger partial charge < -0.3 is 46.4 Å². The standard InChI is InChI=1S/2C25H25F2N2O4PS.2C25H24F2NO3PS/c2*1-14(23-24(32-34)19(30)8-11-31-23)25(9-10-25)13-29(33-28)22-15-6-7-18(26)21(27)17(15)12-35-20-5-3-2-4-16(20)22;2*1-14(23-24(31-32)19(29)8-11-30-23)25(9-10-25)13-28-22-15-6-7-18(26)21(27)17(15)12-33-20-5-3-2-4-16(20)22/h2*2-8,11,14,22H,9-10,12-13,28,34H2,1H3;2*2-8,11,14,22,28H,9-10,12-13,32H2,1H3/t14?,22-;;2*14?,22-/m1.10/s1. The second-order valence-electron chi connectivity index (χ2n) is 35.5. The molecule has 6 N–H and O–H groups in total. The minimum Gasteiger partial charge on any atom is -0.473 e. The Labute approximate surface area is 805 Å². The average Bonchev–Trinajstić information content (AvgIpc) is 1.57. The van der Waals surface area contributed by atoms with Crippen molar-refractivity contribution in [1.82, 2.24) is 20.8 Å². The maximum absolute atomic E-state index is 14.9.